The van der Waals surface area contributed by atoms with Gasteiger partial charge in [-0.2, -0.15) is 0 Å². The number of methoxy groups -OCH3 is 2. The topological polar surface area (TPSA) is 105 Å². The first kappa shape index (κ1) is 35.6. The minimum atomic E-state index is -4.33. The van der Waals surface area contributed by atoms with Crippen LogP contribution in [0.25, 0.3) is 0 Å². The summed E-state index contributed by atoms with van der Waals surface area (Å²) >= 11 is 12.5. The number of para-hydroxylation sites is 2. The lowest BCUT2D eigenvalue weighted by atomic mass is 10.0. The van der Waals surface area contributed by atoms with Crippen LogP contribution in [0, 0.1) is 0 Å². The number of anilines is 1. The van der Waals surface area contributed by atoms with Crippen molar-refractivity contribution >= 4 is 50.7 Å². The number of nitrogens with one attached hydrogen (secondary N) is 1. The molecule has 0 aliphatic carbocycles. The molecule has 2 amide bonds. The first-order valence-electron chi connectivity index (χ1n) is 14.9. The van der Waals surface area contributed by atoms with Gasteiger partial charge in [0.1, 0.15) is 24.1 Å². The lowest BCUT2D eigenvalue weighted by Crippen LogP contribution is -2.53. The average Bonchev–Trinajstić information content (AvgIpc) is 3.09. The summed E-state index contributed by atoms with van der Waals surface area (Å²) in [6, 6.07) is 25.7. The zero-order chi connectivity index (χ0) is 34.0. The second kappa shape index (κ2) is 16.5. The third-order valence-corrected chi connectivity index (χ3v) is 9.95. The Morgan fingerprint density at radius 2 is 1.51 bits per heavy atom. The Morgan fingerprint density at radius 3 is 2.15 bits per heavy atom. The number of ether oxygens (including phenoxy) is 2. The normalized spacial score (nSPS) is 11.8. The molecule has 0 aromatic heterocycles. The molecule has 0 heterocycles. The highest BCUT2D eigenvalue weighted by Gasteiger charge is 2.35. The number of halogens is 2. The van der Waals surface area contributed by atoms with Crippen LogP contribution in [-0.4, -0.2) is 58.5 Å². The molecular formula is C35H37Cl2N3O6S. The van der Waals surface area contributed by atoms with Crippen molar-refractivity contribution in [2.24, 2.45) is 0 Å². The number of benzene rings is 4. The lowest BCUT2D eigenvalue weighted by molar-refractivity contribution is -0.140. The number of sulfonamides is 1. The fourth-order valence-corrected chi connectivity index (χ4v) is 6.72. The fraction of sp³-hybridized carbons (Fsp3) is 0.257. The summed E-state index contributed by atoms with van der Waals surface area (Å²) in [5.74, 6) is -0.272. The second-order valence-corrected chi connectivity index (χ2v) is 13.3. The molecule has 4 aromatic rings. The standard InChI is InChI=1S/C35H37Cl2N3O6S/c1-4-20-38-35(42)32(22-25-10-6-5-7-11-25)39(23-26-14-19-29(36)30(37)21-26)34(41)24-40(31-12-8-9-13-33(31)46-3)47(43,44)28-17-15-27(45-2)16-18-28/h5-19,21,32H,4,20,22-24H2,1-3H3,(H,38,42)/t32-/m0/s1. The smallest absolute Gasteiger partial charge is 0.264 e. The third-order valence-electron chi connectivity index (χ3n) is 7.44. The number of carbonyl (C=O) groups excluding carboxylic acids is 2. The molecule has 47 heavy (non-hydrogen) atoms. The van der Waals surface area contributed by atoms with Crippen molar-refractivity contribution < 1.29 is 27.5 Å². The van der Waals surface area contributed by atoms with Crippen molar-refractivity contribution in [1.82, 2.24) is 10.2 Å². The molecule has 0 saturated heterocycles. The van der Waals surface area contributed by atoms with Crippen LogP contribution >= 0.6 is 23.2 Å². The fourth-order valence-electron chi connectivity index (χ4n) is 4.98. The maximum atomic E-state index is 14.6. The number of rotatable bonds is 15. The zero-order valence-corrected chi connectivity index (χ0v) is 28.7. The Bertz CT molecular complexity index is 1770. The van der Waals surface area contributed by atoms with Crippen LogP contribution in [0.3, 0.4) is 0 Å². The van der Waals surface area contributed by atoms with E-state index in [9.17, 15) is 18.0 Å². The van der Waals surface area contributed by atoms with Gasteiger partial charge in [0.2, 0.25) is 11.8 Å². The zero-order valence-electron chi connectivity index (χ0n) is 26.4. The van der Waals surface area contributed by atoms with E-state index in [1.807, 2.05) is 37.3 Å². The molecule has 4 aromatic carbocycles. The first-order valence-corrected chi connectivity index (χ1v) is 17.1. The van der Waals surface area contributed by atoms with Crippen molar-refractivity contribution in [3.63, 3.8) is 0 Å². The minimum absolute atomic E-state index is 0.0465. The van der Waals surface area contributed by atoms with E-state index in [1.165, 1.54) is 43.4 Å². The van der Waals surface area contributed by atoms with Crippen LogP contribution in [0.15, 0.2) is 102 Å². The average molecular weight is 699 g/mol. The van der Waals surface area contributed by atoms with Gasteiger partial charge < -0.3 is 19.7 Å². The summed E-state index contributed by atoms with van der Waals surface area (Å²) in [5.41, 5.74) is 1.59. The Hall–Kier alpha value is -4.25. The Kier molecular flexibility index (Phi) is 12.5. The number of amides is 2. The van der Waals surface area contributed by atoms with Gasteiger partial charge in [0.25, 0.3) is 10.0 Å². The summed E-state index contributed by atoms with van der Waals surface area (Å²) in [5, 5.41) is 3.54. The molecular weight excluding hydrogens is 661 g/mol. The molecule has 1 atom stereocenters. The van der Waals surface area contributed by atoms with Crippen LogP contribution in [0.5, 0.6) is 11.5 Å². The molecule has 0 spiro atoms. The van der Waals surface area contributed by atoms with Crippen LogP contribution in [-0.2, 0) is 32.6 Å². The number of nitrogens with zero attached hydrogens (tertiary/aromatic N) is 2. The molecule has 0 aliphatic rings. The van der Waals surface area contributed by atoms with Crippen LogP contribution in [0.4, 0.5) is 5.69 Å². The van der Waals surface area contributed by atoms with Crippen molar-refractivity contribution in [2.75, 3.05) is 31.6 Å². The highest BCUT2D eigenvalue weighted by Crippen LogP contribution is 2.33. The molecule has 0 saturated carbocycles. The summed E-state index contributed by atoms with van der Waals surface area (Å²) in [4.78, 5) is 29.7. The second-order valence-electron chi connectivity index (χ2n) is 10.6. The quantitative estimate of drug-likeness (QED) is 0.155. The summed E-state index contributed by atoms with van der Waals surface area (Å²) in [7, 11) is -1.43. The predicted molar refractivity (Wildman–Crippen MR) is 185 cm³/mol. The van der Waals surface area contributed by atoms with Gasteiger partial charge in [-0.15, -0.1) is 0 Å². The summed E-state index contributed by atoms with van der Waals surface area (Å²) < 4.78 is 40.3. The van der Waals surface area contributed by atoms with Crippen molar-refractivity contribution in [1.29, 1.82) is 0 Å². The van der Waals surface area contributed by atoms with Crippen molar-refractivity contribution in [3.8, 4) is 11.5 Å². The molecule has 0 aliphatic heterocycles. The Morgan fingerprint density at radius 1 is 0.830 bits per heavy atom. The monoisotopic (exact) mass is 697 g/mol. The number of hydrogen-bond acceptors (Lipinski definition) is 6. The molecule has 0 radical (unpaired) electrons. The van der Waals surface area contributed by atoms with Gasteiger partial charge >= 0.3 is 0 Å². The first-order chi connectivity index (χ1) is 22.6. The molecule has 4 rings (SSSR count). The number of hydrogen-bond donors (Lipinski definition) is 1. The van der Waals surface area contributed by atoms with Gasteiger partial charge in [-0.05, 0) is 66.1 Å². The van der Waals surface area contributed by atoms with Crippen molar-refractivity contribution in [3.05, 3.63) is 118 Å². The number of carbonyl (C=O) groups is 2. The maximum absolute atomic E-state index is 14.6. The van der Waals surface area contributed by atoms with Crippen molar-refractivity contribution in [2.45, 2.75) is 37.2 Å². The predicted octanol–water partition coefficient (Wildman–Crippen LogP) is 6.37. The molecule has 248 valence electrons. The lowest BCUT2D eigenvalue weighted by Gasteiger charge is -2.34. The Balaban J connectivity index is 1.83. The van der Waals surface area contributed by atoms with Crippen LogP contribution in [0.1, 0.15) is 24.5 Å². The molecule has 0 fully saturated rings. The van der Waals surface area contributed by atoms with Gasteiger partial charge in [0.05, 0.1) is 34.8 Å². The molecule has 12 heteroatoms. The van der Waals surface area contributed by atoms with E-state index in [0.29, 0.717) is 29.3 Å². The highest BCUT2D eigenvalue weighted by molar-refractivity contribution is 7.92. The van der Waals surface area contributed by atoms with E-state index in [1.54, 1.807) is 42.5 Å². The van der Waals surface area contributed by atoms with Crippen LogP contribution in [0.2, 0.25) is 10.0 Å². The van der Waals surface area contributed by atoms with E-state index in [0.717, 1.165) is 9.87 Å². The third kappa shape index (κ3) is 8.97. The van der Waals surface area contributed by atoms with E-state index in [2.05, 4.69) is 5.32 Å². The maximum Gasteiger partial charge on any atom is 0.264 e. The summed E-state index contributed by atoms with van der Waals surface area (Å²) in [6.45, 7) is 1.65. The van der Waals surface area contributed by atoms with Crippen LogP contribution < -0.4 is 19.1 Å². The molecule has 1 N–H and O–H groups in total. The molecule has 9 nitrogen and oxygen atoms in total. The minimum Gasteiger partial charge on any atom is -0.497 e. The van der Waals surface area contributed by atoms with Gasteiger partial charge in [-0.1, -0.05) is 78.7 Å². The van der Waals surface area contributed by atoms with E-state index in [4.69, 9.17) is 32.7 Å². The summed E-state index contributed by atoms with van der Waals surface area (Å²) in [6.07, 6.45) is 0.871. The van der Waals surface area contributed by atoms with Gasteiger partial charge in [0, 0.05) is 19.5 Å². The van der Waals surface area contributed by atoms with Gasteiger partial charge in [0.15, 0.2) is 0 Å². The SMILES string of the molecule is CCCNC(=O)[C@H](Cc1ccccc1)N(Cc1ccc(Cl)c(Cl)c1)C(=O)CN(c1ccccc1OC)S(=O)(=O)c1ccc(OC)cc1. The van der Waals surface area contributed by atoms with E-state index < -0.39 is 28.5 Å². The van der Waals surface area contributed by atoms with E-state index >= 15 is 0 Å². The highest BCUT2D eigenvalue weighted by atomic mass is 35.5. The molecule has 0 unspecified atom stereocenters. The van der Waals surface area contributed by atoms with E-state index in [-0.39, 0.29) is 40.2 Å². The largest absolute Gasteiger partial charge is 0.497 e. The van der Waals surface area contributed by atoms with Gasteiger partial charge in [-0.3, -0.25) is 13.9 Å². The molecule has 0 bridgehead atoms. The Labute approximate surface area is 286 Å². The van der Waals surface area contributed by atoms with Gasteiger partial charge in [-0.25, -0.2) is 8.42 Å².